The third-order valence-corrected chi connectivity index (χ3v) is 2.03. The molecule has 0 bridgehead atoms. The number of benzene rings is 1. The number of hydrogen-bond donors (Lipinski definition) is 0. The van der Waals surface area contributed by atoms with Crippen LogP contribution in [0.25, 0.3) is 5.57 Å². The van der Waals surface area contributed by atoms with Gasteiger partial charge >= 0.3 is 5.97 Å². The Hall–Kier alpha value is -2.08. The van der Waals surface area contributed by atoms with Gasteiger partial charge in [-0.2, -0.15) is 5.26 Å². The van der Waals surface area contributed by atoms with Crippen molar-refractivity contribution in [1.82, 2.24) is 0 Å². The number of rotatable bonds is 3. The summed E-state index contributed by atoms with van der Waals surface area (Å²) in [7, 11) is 0. The maximum Gasteiger partial charge on any atom is 0.332 e. The molecule has 0 N–H and O–H groups in total. The summed E-state index contributed by atoms with van der Waals surface area (Å²) in [5, 5.41) is 8.94. The van der Waals surface area contributed by atoms with Gasteiger partial charge in [0.2, 0.25) is 0 Å². The third-order valence-electron chi connectivity index (χ3n) is 2.03. The summed E-state index contributed by atoms with van der Waals surface area (Å²) in [5.41, 5.74) is 2.15. The zero-order valence-electron chi connectivity index (χ0n) is 9.36. The molecule has 1 aromatic carbocycles. The Kier molecular flexibility index (Phi) is 4.28. The molecule has 3 nitrogen and oxygen atoms in total. The first-order chi connectivity index (χ1) is 7.67. The number of aryl methyl sites for hydroxylation is 1. The molecule has 0 unspecified atom stereocenters. The Morgan fingerprint density at radius 3 is 2.56 bits per heavy atom. The van der Waals surface area contributed by atoms with Crippen LogP contribution in [0.3, 0.4) is 0 Å². The van der Waals surface area contributed by atoms with Crippen molar-refractivity contribution in [2.45, 2.75) is 13.8 Å². The van der Waals surface area contributed by atoms with Crippen LogP contribution in [0.4, 0.5) is 0 Å². The average molecular weight is 215 g/mol. The summed E-state index contributed by atoms with van der Waals surface area (Å²) >= 11 is 0. The van der Waals surface area contributed by atoms with E-state index in [0.29, 0.717) is 12.2 Å². The third kappa shape index (κ3) is 3.25. The maximum absolute atomic E-state index is 11.2. The van der Waals surface area contributed by atoms with Gasteiger partial charge in [-0.25, -0.2) is 4.79 Å². The second-order valence-electron chi connectivity index (χ2n) is 3.29. The standard InChI is InChI=1S/C13H13NO2/c1-3-16-13(15)8-12(9-14)11-6-4-10(2)5-7-11/h4-8H,3H2,1-2H3/b12-8-. The van der Waals surface area contributed by atoms with Gasteiger partial charge in [-0.3, -0.25) is 0 Å². The van der Waals surface area contributed by atoms with Gasteiger partial charge in [0.05, 0.1) is 12.2 Å². The van der Waals surface area contributed by atoms with Gasteiger partial charge in [0.25, 0.3) is 0 Å². The Balaban J connectivity index is 2.95. The molecule has 0 saturated carbocycles. The molecule has 0 radical (unpaired) electrons. The van der Waals surface area contributed by atoms with Crippen molar-refractivity contribution in [2.24, 2.45) is 0 Å². The fourth-order valence-corrected chi connectivity index (χ4v) is 1.22. The van der Waals surface area contributed by atoms with E-state index in [4.69, 9.17) is 10.00 Å². The molecule has 0 fully saturated rings. The molecule has 0 heterocycles. The molecule has 0 aliphatic heterocycles. The molecular weight excluding hydrogens is 202 g/mol. The largest absolute Gasteiger partial charge is 0.463 e. The fourth-order valence-electron chi connectivity index (χ4n) is 1.22. The second-order valence-corrected chi connectivity index (χ2v) is 3.29. The number of nitriles is 1. The number of hydrogen-bond acceptors (Lipinski definition) is 3. The molecule has 0 spiro atoms. The highest BCUT2D eigenvalue weighted by molar-refractivity contribution is 5.95. The molecule has 0 amide bonds. The minimum absolute atomic E-state index is 0.307. The van der Waals surface area contributed by atoms with E-state index in [2.05, 4.69) is 0 Å². The molecule has 82 valence electrons. The summed E-state index contributed by atoms with van der Waals surface area (Å²) in [4.78, 5) is 11.2. The summed E-state index contributed by atoms with van der Waals surface area (Å²) < 4.78 is 4.75. The van der Waals surface area contributed by atoms with E-state index in [-0.39, 0.29) is 0 Å². The van der Waals surface area contributed by atoms with Gasteiger partial charge in [-0.05, 0) is 19.4 Å². The number of ether oxygens (including phenoxy) is 1. The van der Waals surface area contributed by atoms with Crippen molar-refractivity contribution in [1.29, 1.82) is 5.26 Å². The number of carbonyl (C=O) groups is 1. The topological polar surface area (TPSA) is 50.1 Å². The van der Waals surface area contributed by atoms with Gasteiger partial charge in [-0.15, -0.1) is 0 Å². The van der Waals surface area contributed by atoms with E-state index in [1.807, 2.05) is 37.3 Å². The quantitative estimate of drug-likeness (QED) is 0.442. The highest BCUT2D eigenvalue weighted by Gasteiger charge is 2.04. The first-order valence-electron chi connectivity index (χ1n) is 5.03. The minimum atomic E-state index is -0.486. The monoisotopic (exact) mass is 215 g/mol. The van der Waals surface area contributed by atoms with Crippen molar-refractivity contribution < 1.29 is 9.53 Å². The summed E-state index contributed by atoms with van der Waals surface area (Å²) in [6.45, 7) is 4.00. The normalized spacial score (nSPS) is 10.7. The van der Waals surface area contributed by atoms with Crippen molar-refractivity contribution in [2.75, 3.05) is 6.61 Å². The lowest BCUT2D eigenvalue weighted by molar-refractivity contribution is -0.137. The molecule has 0 atom stereocenters. The first-order valence-corrected chi connectivity index (χ1v) is 5.03. The van der Waals surface area contributed by atoms with Crippen LogP contribution in [-0.2, 0) is 9.53 Å². The molecule has 0 aliphatic rings. The van der Waals surface area contributed by atoms with Crippen molar-refractivity contribution in [3.8, 4) is 6.07 Å². The molecule has 1 aromatic rings. The van der Waals surface area contributed by atoms with E-state index in [0.717, 1.165) is 11.1 Å². The van der Waals surface area contributed by atoms with Crippen molar-refractivity contribution >= 4 is 11.5 Å². The van der Waals surface area contributed by atoms with Gasteiger partial charge in [0, 0.05) is 6.08 Å². The fraction of sp³-hybridized carbons (Fsp3) is 0.231. The minimum Gasteiger partial charge on any atom is -0.463 e. The molecule has 0 saturated heterocycles. The molecule has 0 aliphatic carbocycles. The molecule has 0 aromatic heterocycles. The highest BCUT2D eigenvalue weighted by atomic mass is 16.5. The Morgan fingerprint density at radius 2 is 2.06 bits per heavy atom. The lowest BCUT2D eigenvalue weighted by Crippen LogP contribution is -2.00. The Labute approximate surface area is 95.0 Å². The second kappa shape index (κ2) is 5.72. The van der Waals surface area contributed by atoms with E-state index >= 15 is 0 Å². The lowest BCUT2D eigenvalue weighted by Gasteiger charge is -2.00. The van der Waals surface area contributed by atoms with E-state index in [1.54, 1.807) is 6.92 Å². The van der Waals surface area contributed by atoms with Crippen LogP contribution in [0.1, 0.15) is 18.1 Å². The number of nitrogens with zero attached hydrogens (tertiary/aromatic N) is 1. The number of carbonyl (C=O) groups excluding carboxylic acids is 1. The highest BCUT2D eigenvalue weighted by Crippen LogP contribution is 2.14. The summed E-state index contributed by atoms with van der Waals surface area (Å²) in [6, 6.07) is 9.39. The van der Waals surface area contributed by atoms with Crippen molar-refractivity contribution in [3.05, 3.63) is 41.5 Å². The van der Waals surface area contributed by atoms with Gasteiger partial charge in [0.15, 0.2) is 0 Å². The zero-order valence-corrected chi connectivity index (χ0v) is 9.36. The molecule has 16 heavy (non-hydrogen) atoms. The van der Waals surface area contributed by atoms with Gasteiger partial charge in [-0.1, -0.05) is 29.8 Å². The van der Waals surface area contributed by atoms with Crippen LogP contribution in [0.5, 0.6) is 0 Å². The predicted octanol–water partition coefficient (Wildman–Crippen LogP) is 2.47. The van der Waals surface area contributed by atoms with Crippen LogP contribution in [0, 0.1) is 18.3 Å². The molecule has 3 heteroatoms. The predicted molar refractivity (Wildman–Crippen MR) is 61.4 cm³/mol. The number of allylic oxidation sites excluding steroid dienone is 1. The Morgan fingerprint density at radius 1 is 1.44 bits per heavy atom. The number of esters is 1. The van der Waals surface area contributed by atoms with Crippen LogP contribution in [0.15, 0.2) is 30.3 Å². The first kappa shape index (κ1) is 12.0. The molecule has 1 rings (SSSR count). The van der Waals surface area contributed by atoms with Crippen LogP contribution < -0.4 is 0 Å². The SMILES string of the molecule is CCOC(=O)/C=C(/C#N)c1ccc(C)cc1. The maximum atomic E-state index is 11.2. The average Bonchev–Trinajstić information content (AvgIpc) is 2.27. The zero-order chi connectivity index (χ0) is 12.0. The molecular formula is C13H13NO2. The van der Waals surface area contributed by atoms with E-state index < -0.39 is 5.97 Å². The van der Waals surface area contributed by atoms with Gasteiger partial charge in [0.1, 0.15) is 6.07 Å². The van der Waals surface area contributed by atoms with Crippen LogP contribution in [-0.4, -0.2) is 12.6 Å². The van der Waals surface area contributed by atoms with Crippen LogP contribution >= 0.6 is 0 Å². The van der Waals surface area contributed by atoms with E-state index in [1.165, 1.54) is 6.08 Å². The van der Waals surface area contributed by atoms with Crippen molar-refractivity contribution in [3.63, 3.8) is 0 Å². The Bertz CT molecular complexity index is 438. The van der Waals surface area contributed by atoms with Crippen LogP contribution in [0.2, 0.25) is 0 Å². The van der Waals surface area contributed by atoms with E-state index in [9.17, 15) is 4.79 Å². The summed E-state index contributed by atoms with van der Waals surface area (Å²) in [5.74, 6) is -0.486. The summed E-state index contributed by atoms with van der Waals surface area (Å²) in [6.07, 6.45) is 1.22. The van der Waals surface area contributed by atoms with Gasteiger partial charge < -0.3 is 4.74 Å². The smallest absolute Gasteiger partial charge is 0.332 e. The lowest BCUT2D eigenvalue weighted by atomic mass is 10.1.